The van der Waals surface area contributed by atoms with Gasteiger partial charge in [-0.3, -0.25) is 0 Å². The van der Waals surface area contributed by atoms with Crippen molar-refractivity contribution in [3.8, 4) is 34.6 Å². The summed E-state index contributed by atoms with van der Waals surface area (Å²) in [4.78, 5) is 13.6. The Balaban J connectivity index is 1.55. The summed E-state index contributed by atoms with van der Waals surface area (Å²) in [5, 5.41) is 2.16. The fraction of sp³-hybridized carbons (Fsp3) is 0.206. The molecule has 1 unspecified atom stereocenters. The van der Waals surface area contributed by atoms with Crippen molar-refractivity contribution in [1.82, 2.24) is 15.0 Å². The molecule has 41 heavy (non-hydrogen) atoms. The van der Waals surface area contributed by atoms with E-state index in [2.05, 4.69) is 77.3 Å². The molecule has 0 N–H and O–H groups in total. The van der Waals surface area contributed by atoms with Crippen LogP contribution in [0.5, 0.6) is 23.5 Å². The molecule has 204 valence electrons. The van der Waals surface area contributed by atoms with E-state index in [1.165, 1.54) is 36.5 Å². The van der Waals surface area contributed by atoms with Crippen LogP contribution in [0.15, 0.2) is 78.9 Å². The Morgan fingerprint density at radius 1 is 0.707 bits per heavy atom. The molecule has 1 aliphatic carbocycles. The number of aromatic nitrogens is 3. The Morgan fingerprint density at radius 3 is 2.05 bits per heavy atom. The van der Waals surface area contributed by atoms with Gasteiger partial charge in [-0.15, -0.1) is 4.98 Å². The fourth-order valence-corrected chi connectivity index (χ4v) is 6.33. The van der Waals surface area contributed by atoms with Crippen molar-refractivity contribution < 1.29 is 18.9 Å². The van der Waals surface area contributed by atoms with Crippen LogP contribution in [0.25, 0.3) is 28.0 Å². The van der Waals surface area contributed by atoms with Gasteiger partial charge in [0.15, 0.2) is 5.82 Å². The molecule has 0 amide bonds. The number of benzene rings is 4. The SMILES string of the molecule is COc1ccc(C2(c3nc(OC)nc(OC)n3)C=Cc3c4c(c5ccccc5c3O2)-c2ccccc2C4(C)C)cc1. The minimum atomic E-state index is -1.20. The summed E-state index contributed by atoms with van der Waals surface area (Å²) in [5.74, 6) is 1.86. The van der Waals surface area contributed by atoms with E-state index >= 15 is 0 Å². The van der Waals surface area contributed by atoms with Crippen molar-refractivity contribution in [3.63, 3.8) is 0 Å². The summed E-state index contributed by atoms with van der Waals surface area (Å²) < 4.78 is 23.5. The normalized spacial score (nSPS) is 17.8. The van der Waals surface area contributed by atoms with Gasteiger partial charge in [0.05, 0.1) is 21.3 Å². The van der Waals surface area contributed by atoms with Crippen molar-refractivity contribution in [3.05, 3.63) is 107 Å². The van der Waals surface area contributed by atoms with E-state index in [4.69, 9.17) is 18.9 Å². The van der Waals surface area contributed by atoms with Crippen LogP contribution in [0.1, 0.15) is 41.9 Å². The second-order valence-electron chi connectivity index (χ2n) is 10.7. The average molecular weight is 544 g/mol. The van der Waals surface area contributed by atoms with Gasteiger partial charge >= 0.3 is 12.0 Å². The van der Waals surface area contributed by atoms with Crippen molar-refractivity contribution in [2.45, 2.75) is 24.9 Å². The largest absolute Gasteiger partial charge is 0.497 e. The third-order valence-corrected chi connectivity index (χ3v) is 8.26. The number of hydrogen-bond acceptors (Lipinski definition) is 7. The lowest BCUT2D eigenvalue weighted by Gasteiger charge is -2.37. The van der Waals surface area contributed by atoms with Gasteiger partial charge in [-0.1, -0.05) is 80.6 Å². The maximum absolute atomic E-state index is 7.20. The molecule has 0 fully saturated rings. The standard InChI is InChI=1S/C34H29N3O4/c1-33(2)26-13-9-8-12-24(26)27-22-10-6-7-11-23(22)29-25(28(27)33)18-19-34(41-29,20-14-16-21(38-3)17-15-20)30-35-31(39-4)37-32(36-30)40-5/h6-19H,1-5H3. The second kappa shape index (κ2) is 9.06. The Kier molecular flexibility index (Phi) is 5.54. The summed E-state index contributed by atoms with van der Waals surface area (Å²) >= 11 is 0. The van der Waals surface area contributed by atoms with Crippen molar-refractivity contribution in [2.24, 2.45) is 0 Å². The van der Waals surface area contributed by atoms with Gasteiger partial charge in [0.25, 0.3) is 0 Å². The van der Waals surface area contributed by atoms with E-state index in [9.17, 15) is 0 Å². The lowest BCUT2D eigenvalue weighted by molar-refractivity contribution is 0.149. The van der Waals surface area contributed by atoms with Crippen molar-refractivity contribution in [1.29, 1.82) is 0 Å². The smallest absolute Gasteiger partial charge is 0.322 e. The number of nitrogens with zero attached hydrogens (tertiary/aromatic N) is 3. The molecule has 7 rings (SSSR count). The lowest BCUT2D eigenvalue weighted by Crippen LogP contribution is -2.37. The first-order chi connectivity index (χ1) is 19.9. The highest BCUT2D eigenvalue weighted by molar-refractivity contribution is 6.08. The van der Waals surface area contributed by atoms with Crippen LogP contribution in [0.4, 0.5) is 0 Å². The number of hydrogen-bond donors (Lipinski definition) is 0. The second-order valence-corrected chi connectivity index (χ2v) is 10.7. The lowest BCUT2D eigenvalue weighted by atomic mass is 9.77. The summed E-state index contributed by atoms with van der Waals surface area (Å²) in [6, 6.07) is 25.1. The zero-order valence-electron chi connectivity index (χ0n) is 23.6. The van der Waals surface area contributed by atoms with Crippen molar-refractivity contribution >= 4 is 16.8 Å². The molecular formula is C34H29N3O4. The highest BCUT2D eigenvalue weighted by atomic mass is 16.5. The quantitative estimate of drug-likeness (QED) is 0.244. The first-order valence-electron chi connectivity index (χ1n) is 13.5. The summed E-state index contributed by atoms with van der Waals surface area (Å²) in [5.41, 5.74) is 5.52. The minimum absolute atomic E-state index is 0.137. The summed E-state index contributed by atoms with van der Waals surface area (Å²) in [6.45, 7) is 4.57. The van der Waals surface area contributed by atoms with Crippen LogP contribution < -0.4 is 18.9 Å². The predicted molar refractivity (Wildman–Crippen MR) is 158 cm³/mol. The molecule has 0 radical (unpaired) electrons. The number of fused-ring (bicyclic) bond motifs is 8. The van der Waals surface area contributed by atoms with E-state index in [0.717, 1.165) is 33.4 Å². The molecule has 1 atom stereocenters. The van der Waals surface area contributed by atoms with Crippen LogP contribution in [-0.2, 0) is 11.0 Å². The molecule has 7 heteroatoms. The van der Waals surface area contributed by atoms with Gasteiger partial charge in [-0.25, -0.2) is 0 Å². The van der Waals surface area contributed by atoms with E-state index in [0.29, 0.717) is 5.82 Å². The van der Waals surface area contributed by atoms with E-state index < -0.39 is 5.60 Å². The Bertz CT molecular complexity index is 1840. The van der Waals surface area contributed by atoms with Gasteiger partial charge in [0, 0.05) is 21.9 Å². The fourth-order valence-electron chi connectivity index (χ4n) is 6.33. The molecule has 1 aromatic heterocycles. The first kappa shape index (κ1) is 25.1. The monoisotopic (exact) mass is 543 g/mol. The molecule has 0 spiro atoms. The van der Waals surface area contributed by atoms with Crippen molar-refractivity contribution in [2.75, 3.05) is 21.3 Å². The zero-order valence-corrected chi connectivity index (χ0v) is 23.6. The summed E-state index contributed by atoms with van der Waals surface area (Å²) in [7, 11) is 4.68. The third-order valence-electron chi connectivity index (χ3n) is 8.26. The molecular weight excluding hydrogens is 514 g/mol. The molecule has 0 saturated heterocycles. The van der Waals surface area contributed by atoms with Crippen LogP contribution in [-0.4, -0.2) is 36.3 Å². The molecule has 0 bridgehead atoms. The van der Waals surface area contributed by atoms with Gasteiger partial charge in [-0.05, 0) is 45.8 Å². The van der Waals surface area contributed by atoms with Gasteiger partial charge in [0.1, 0.15) is 11.5 Å². The topological polar surface area (TPSA) is 75.6 Å². The Labute approximate surface area is 238 Å². The highest BCUT2D eigenvalue weighted by Gasteiger charge is 2.46. The maximum Gasteiger partial charge on any atom is 0.322 e. The zero-order chi connectivity index (χ0) is 28.4. The highest BCUT2D eigenvalue weighted by Crippen LogP contribution is 2.57. The Hall–Kier alpha value is -4.91. The molecule has 1 aliphatic heterocycles. The maximum atomic E-state index is 7.20. The third kappa shape index (κ3) is 3.55. The minimum Gasteiger partial charge on any atom is -0.497 e. The number of methoxy groups -OCH3 is 3. The number of rotatable bonds is 5. The van der Waals surface area contributed by atoms with E-state index in [-0.39, 0.29) is 17.4 Å². The predicted octanol–water partition coefficient (Wildman–Crippen LogP) is 6.71. The molecule has 7 nitrogen and oxygen atoms in total. The van der Waals surface area contributed by atoms with Gasteiger partial charge < -0.3 is 18.9 Å². The van der Waals surface area contributed by atoms with Gasteiger partial charge in [0.2, 0.25) is 5.60 Å². The van der Waals surface area contributed by atoms with Gasteiger partial charge in [-0.2, -0.15) is 9.97 Å². The molecule has 2 aliphatic rings. The van der Waals surface area contributed by atoms with Crippen LogP contribution in [0.2, 0.25) is 0 Å². The molecule has 2 heterocycles. The summed E-state index contributed by atoms with van der Waals surface area (Å²) in [6.07, 6.45) is 4.18. The average Bonchev–Trinajstić information content (AvgIpc) is 3.27. The van der Waals surface area contributed by atoms with E-state index in [1.54, 1.807) is 7.11 Å². The van der Waals surface area contributed by atoms with Crippen LogP contribution in [0, 0.1) is 0 Å². The van der Waals surface area contributed by atoms with Crippen LogP contribution in [0.3, 0.4) is 0 Å². The molecule has 0 saturated carbocycles. The first-order valence-corrected chi connectivity index (χ1v) is 13.5. The molecule has 5 aromatic rings. The Morgan fingerprint density at radius 2 is 1.37 bits per heavy atom. The van der Waals surface area contributed by atoms with E-state index in [1.807, 2.05) is 36.4 Å². The van der Waals surface area contributed by atoms with Crippen LogP contribution >= 0.6 is 0 Å². The molecule has 4 aromatic carbocycles. The number of ether oxygens (including phenoxy) is 4.